The van der Waals surface area contributed by atoms with Crippen LogP contribution in [0.25, 0.3) is 0 Å². The molecule has 1 heterocycles. The van der Waals surface area contributed by atoms with Crippen LogP contribution >= 0.6 is 0 Å². The molecule has 5 nitrogen and oxygen atoms in total. The molecular formula is C19H24N2O3S. The summed E-state index contributed by atoms with van der Waals surface area (Å²) in [5, 5.41) is 0. The predicted octanol–water partition coefficient (Wildman–Crippen LogP) is 2.04. The summed E-state index contributed by atoms with van der Waals surface area (Å²) in [5.41, 5.74) is 0.930. The molecule has 25 heavy (non-hydrogen) atoms. The van der Waals surface area contributed by atoms with E-state index >= 15 is 0 Å². The number of hydrogen-bond donors (Lipinski definition) is 0. The molecule has 1 aromatic carbocycles. The molecule has 1 aliphatic heterocycles. The number of hydrogen-bond acceptors (Lipinski definition) is 3. The van der Waals surface area contributed by atoms with Crippen molar-refractivity contribution in [2.45, 2.75) is 24.7 Å². The molecule has 0 aromatic heterocycles. The van der Waals surface area contributed by atoms with E-state index in [1.54, 1.807) is 18.2 Å². The molecular weight excluding hydrogens is 336 g/mol. The van der Waals surface area contributed by atoms with E-state index in [0.717, 1.165) is 18.4 Å². The number of rotatable bonds is 3. The van der Waals surface area contributed by atoms with Crippen LogP contribution in [0.1, 0.15) is 18.4 Å². The van der Waals surface area contributed by atoms with Gasteiger partial charge in [-0.25, -0.2) is 8.42 Å². The number of allylic oxidation sites excluding steroid dienone is 2. The standard InChI is InChI=1S/C19H24N2O3S/c1-14-3-2-4-17(11-14)25(23,24)21-9-7-20(8-10-21)19(22)18-13-15-5-6-16(18)12-15/h2-6,11,15-16,18H,7-10,12-13H2,1H3/t15-,16-,18+/m0/s1. The summed E-state index contributed by atoms with van der Waals surface area (Å²) in [6, 6.07) is 7.00. The maximum absolute atomic E-state index is 12.8. The fourth-order valence-corrected chi connectivity index (χ4v) is 5.90. The molecule has 1 saturated carbocycles. The lowest BCUT2D eigenvalue weighted by molar-refractivity contribution is -0.137. The third-order valence-electron chi connectivity index (χ3n) is 5.77. The van der Waals surface area contributed by atoms with Crippen LogP contribution in [0.3, 0.4) is 0 Å². The first kappa shape index (κ1) is 16.8. The SMILES string of the molecule is Cc1cccc(S(=O)(=O)N2CCN(C(=O)[C@@H]3C[C@H]4C=C[C@H]3C4)CC2)c1. The Labute approximate surface area is 149 Å². The van der Waals surface area contributed by atoms with Gasteiger partial charge in [0.1, 0.15) is 0 Å². The summed E-state index contributed by atoms with van der Waals surface area (Å²) < 4.78 is 27.1. The Bertz CT molecular complexity index is 810. The van der Waals surface area contributed by atoms with Crippen LogP contribution in [0.15, 0.2) is 41.3 Å². The number of piperazine rings is 1. The van der Waals surface area contributed by atoms with E-state index in [2.05, 4.69) is 12.2 Å². The van der Waals surface area contributed by atoms with Gasteiger partial charge in [0.25, 0.3) is 0 Å². The summed E-state index contributed by atoms with van der Waals surface area (Å²) in [6.45, 7) is 3.61. The highest BCUT2D eigenvalue weighted by Gasteiger charge is 2.42. The third-order valence-corrected chi connectivity index (χ3v) is 7.67. The first-order chi connectivity index (χ1) is 11.9. The van der Waals surface area contributed by atoms with E-state index in [-0.39, 0.29) is 11.8 Å². The average molecular weight is 360 g/mol. The van der Waals surface area contributed by atoms with Crippen LogP contribution < -0.4 is 0 Å². The molecule has 134 valence electrons. The molecule has 6 heteroatoms. The van der Waals surface area contributed by atoms with E-state index in [4.69, 9.17) is 0 Å². The van der Waals surface area contributed by atoms with Crippen LogP contribution in [-0.2, 0) is 14.8 Å². The van der Waals surface area contributed by atoms with Gasteiger partial charge in [-0.15, -0.1) is 0 Å². The Morgan fingerprint density at radius 3 is 2.44 bits per heavy atom. The zero-order chi connectivity index (χ0) is 17.6. The molecule has 3 atom stereocenters. The molecule has 1 saturated heterocycles. The number of amides is 1. The van der Waals surface area contributed by atoms with Crippen LogP contribution in [-0.4, -0.2) is 49.7 Å². The monoisotopic (exact) mass is 360 g/mol. The second-order valence-electron chi connectivity index (χ2n) is 7.43. The zero-order valence-corrected chi connectivity index (χ0v) is 15.3. The molecule has 0 radical (unpaired) electrons. The second-order valence-corrected chi connectivity index (χ2v) is 9.37. The lowest BCUT2D eigenvalue weighted by atomic mass is 9.92. The number of carbonyl (C=O) groups excluding carboxylic acids is 1. The van der Waals surface area contributed by atoms with Gasteiger partial charge in [-0.3, -0.25) is 4.79 Å². The largest absolute Gasteiger partial charge is 0.340 e. The highest BCUT2D eigenvalue weighted by atomic mass is 32.2. The van der Waals surface area contributed by atoms with Crippen LogP contribution in [0.5, 0.6) is 0 Å². The lowest BCUT2D eigenvalue weighted by Gasteiger charge is -2.36. The average Bonchev–Trinajstić information content (AvgIpc) is 3.24. The number of benzene rings is 1. The predicted molar refractivity (Wildman–Crippen MR) is 95.4 cm³/mol. The summed E-state index contributed by atoms with van der Waals surface area (Å²) >= 11 is 0. The van der Waals surface area contributed by atoms with E-state index in [0.29, 0.717) is 42.9 Å². The van der Waals surface area contributed by atoms with Gasteiger partial charge in [0.05, 0.1) is 4.90 Å². The maximum Gasteiger partial charge on any atom is 0.243 e. The Hall–Kier alpha value is -1.66. The van der Waals surface area contributed by atoms with E-state index in [1.807, 2.05) is 17.9 Å². The molecule has 2 fully saturated rings. The smallest absolute Gasteiger partial charge is 0.243 e. The van der Waals surface area contributed by atoms with Crippen molar-refractivity contribution in [2.75, 3.05) is 26.2 Å². The topological polar surface area (TPSA) is 57.7 Å². The van der Waals surface area contributed by atoms with Gasteiger partial charge < -0.3 is 4.90 Å². The first-order valence-electron chi connectivity index (χ1n) is 8.99. The van der Waals surface area contributed by atoms with Gasteiger partial charge in [-0.2, -0.15) is 4.31 Å². The van der Waals surface area contributed by atoms with Gasteiger partial charge in [-0.05, 0) is 49.3 Å². The summed E-state index contributed by atoms with van der Waals surface area (Å²) in [4.78, 5) is 15.0. The van der Waals surface area contributed by atoms with Crippen molar-refractivity contribution >= 4 is 15.9 Å². The summed E-state index contributed by atoms with van der Waals surface area (Å²) in [5.74, 6) is 1.29. The zero-order valence-electron chi connectivity index (χ0n) is 14.5. The molecule has 1 amide bonds. The van der Waals surface area contributed by atoms with Crippen LogP contribution in [0, 0.1) is 24.7 Å². The van der Waals surface area contributed by atoms with Crippen molar-refractivity contribution in [3.8, 4) is 0 Å². The molecule has 4 rings (SSSR count). The van der Waals surface area contributed by atoms with Gasteiger partial charge in [0, 0.05) is 32.1 Å². The van der Waals surface area contributed by atoms with Crippen molar-refractivity contribution in [2.24, 2.45) is 17.8 Å². The van der Waals surface area contributed by atoms with Gasteiger partial charge in [0.2, 0.25) is 15.9 Å². The van der Waals surface area contributed by atoms with E-state index in [1.165, 1.54) is 4.31 Å². The molecule has 3 aliphatic rings. The lowest BCUT2D eigenvalue weighted by Crippen LogP contribution is -2.52. The highest BCUT2D eigenvalue weighted by Crippen LogP contribution is 2.44. The highest BCUT2D eigenvalue weighted by molar-refractivity contribution is 7.89. The normalized spacial score (nSPS) is 29.3. The first-order valence-corrected chi connectivity index (χ1v) is 10.4. The fraction of sp³-hybridized carbons (Fsp3) is 0.526. The van der Waals surface area contributed by atoms with E-state index in [9.17, 15) is 13.2 Å². The number of nitrogens with zero attached hydrogens (tertiary/aromatic N) is 2. The van der Waals surface area contributed by atoms with Gasteiger partial charge in [0.15, 0.2) is 0 Å². The molecule has 0 spiro atoms. The van der Waals surface area contributed by atoms with Crippen molar-refractivity contribution < 1.29 is 13.2 Å². The Balaban J connectivity index is 1.41. The Morgan fingerprint density at radius 1 is 1.08 bits per heavy atom. The van der Waals surface area contributed by atoms with Crippen molar-refractivity contribution in [1.29, 1.82) is 0 Å². The molecule has 2 aliphatic carbocycles. The fourth-order valence-electron chi connectivity index (χ4n) is 4.37. The summed E-state index contributed by atoms with van der Waals surface area (Å²) in [7, 11) is -3.48. The van der Waals surface area contributed by atoms with Gasteiger partial charge in [-0.1, -0.05) is 24.3 Å². The van der Waals surface area contributed by atoms with Crippen molar-refractivity contribution in [3.63, 3.8) is 0 Å². The Kier molecular flexibility index (Phi) is 4.20. The van der Waals surface area contributed by atoms with Crippen molar-refractivity contribution in [3.05, 3.63) is 42.0 Å². The van der Waals surface area contributed by atoms with Crippen molar-refractivity contribution in [1.82, 2.24) is 9.21 Å². The minimum absolute atomic E-state index is 0.106. The second kappa shape index (κ2) is 6.25. The third kappa shape index (κ3) is 3.02. The van der Waals surface area contributed by atoms with Gasteiger partial charge >= 0.3 is 0 Å². The molecule has 0 unspecified atom stereocenters. The summed E-state index contributed by atoms with van der Waals surface area (Å²) in [6.07, 6.45) is 6.50. The van der Waals surface area contributed by atoms with E-state index < -0.39 is 10.0 Å². The van der Waals surface area contributed by atoms with Crippen LogP contribution in [0.4, 0.5) is 0 Å². The maximum atomic E-state index is 12.8. The van der Waals surface area contributed by atoms with Crippen LogP contribution in [0.2, 0.25) is 0 Å². The number of fused-ring (bicyclic) bond motifs is 2. The molecule has 0 N–H and O–H groups in total. The number of carbonyl (C=O) groups is 1. The minimum Gasteiger partial charge on any atom is -0.340 e. The number of aryl methyl sites for hydroxylation is 1. The molecule has 1 aromatic rings. The number of sulfonamides is 1. The Morgan fingerprint density at radius 2 is 1.84 bits per heavy atom. The quantitative estimate of drug-likeness (QED) is 0.775. The minimum atomic E-state index is -3.48. The molecule has 2 bridgehead atoms.